The highest BCUT2D eigenvalue weighted by Crippen LogP contribution is 2.25. The number of hydrogen-bond donors (Lipinski definition) is 3. The van der Waals surface area contributed by atoms with Crippen molar-refractivity contribution in [2.45, 2.75) is 17.9 Å². The molecule has 1 aromatic carbocycles. The van der Waals surface area contributed by atoms with E-state index in [2.05, 4.69) is 20.0 Å². The largest absolute Gasteiger partial charge is 0.347 e. The molecule has 1 aliphatic rings. The SMILES string of the molecule is O=C1Cc2cc(S(=O)(=O)NCc3ncc[nH]3)ccc2N1. The number of rotatable bonds is 4. The summed E-state index contributed by atoms with van der Waals surface area (Å²) in [6.45, 7) is 0.0869. The number of hydrogen-bond acceptors (Lipinski definition) is 4. The van der Waals surface area contributed by atoms with E-state index in [4.69, 9.17) is 0 Å². The van der Waals surface area contributed by atoms with Crippen molar-refractivity contribution in [2.75, 3.05) is 5.32 Å². The number of sulfonamides is 1. The first-order valence-electron chi connectivity index (χ1n) is 5.95. The fourth-order valence-electron chi connectivity index (χ4n) is 2.01. The Bertz CT molecular complexity index is 753. The molecule has 8 heteroatoms. The van der Waals surface area contributed by atoms with E-state index >= 15 is 0 Å². The predicted octanol–water partition coefficient (Wildman–Crippen LogP) is 0.383. The summed E-state index contributed by atoms with van der Waals surface area (Å²) in [7, 11) is -3.62. The molecule has 1 aliphatic heterocycles. The van der Waals surface area contributed by atoms with Gasteiger partial charge in [-0.1, -0.05) is 0 Å². The standard InChI is InChI=1S/C12H12N4O3S/c17-12-6-8-5-9(1-2-10(8)16-12)20(18,19)15-7-11-13-3-4-14-11/h1-5,15H,6-7H2,(H,13,14)(H,16,17). The zero-order chi connectivity index (χ0) is 14.2. The van der Waals surface area contributed by atoms with Crippen LogP contribution < -0.4 is 10.0 Å². The lowest BCUT2D eigenvalue weighted by Gasteiger charge is -2.07. The lowest BCUT2D eigenvalue weighted by atomic mass is 10.2. The van der Waals surface area contributed by atoms with E-state index in [9.17, 15) is 13.2 Å². The third kappa shape index (κ3) is 2.43. The molecule has 0 spiro atoms. The van der Waals surface area contributed by atoms with Gasteiger partial charge in [-0.15, -0.1) is 0 Å². The quantitative estimate of drug-likeness (QED) is 0.758. The van der Waals surface area contributed by atoms with E-state index in [-0.39, 0.29) is 23.8 Å². The van der Waals surface area contributed by atoms with Gasteiger partial charge in [0.25, 0.3) is 0 Å². The highest BCUT2D eigenvalue weighted by atomic mass is 32.2. The molecule has 1 aromatic heterocycles. The van der Waals surface area contributed by atoms with E-state index in [1.165, 1.54) is 12.1 Å². The summed E-state index contributed by atoms with van der Waals surface area (Å²) >= 11 is 0. The van der Waals surface area contributed by atoms with Crippen LogP contribution in [0.2, 0.25) is 0 Å². The van der Waals surface area contributed by atoms with E-state index in [0.29, 0.717) is 17.1 Å². The Morgan fingerprint density at radius 1 is 1.35 bits per heavy atom. The fraction of sp³-hybridized carbons (Fsp3) is 0.167. The second-order valence-corrected chi connectivity index (χ2v) is 6.17. The molecule has 0 atom stereocenters. The Kier molecular flexibility index (Phi) is 3.03. The van der Waals surface area contributed by atoms with Gasteiger partial charge in [-0.3, -0.25) is 4.79 Å². The predicted molar refractivity (Wildman–Crippen MR) is 71.4 cm³/mol. The van der Waals surface area contributed by atoms with Gasteiger partial charge in [-0.2, -0.15) is 0 Å². The number of fused-ring (bicyclic) bond motifs is 1. The molecule has 3 rings (SSSR count). The number of carbonyl (C=O) groups excluding carboxylic acids is 1. The number of H-pyrrole nitrogens is 1. The summed E-state index contributed by atoms with van der Waals surface area (Å²) < 4.78 is 26.8. The highest BCUT2D eigenvalue weighted by molar-refractivity contribution is 7.89. The van der Waals surface area contributed by atoms with Crippen molar-refractivity contribution in [3.63, 3.8) is 0 Å². The molecule has 0 saturated carbocycles. The molecular formula is C12H12N4O3S. The van der Waals surface area contributed by atoms with Gasteiger partial charge in [0.1, 0.15) is 5.82 Å². The summed E-state index contributed by atoms with van der Waals surface area (Å²) in [5.41, 5.74) is 1.36. The van der Waals surface area contributed by atoms with Crippen LogP contribution in [0, 0.1) is 0 Å². The molecule has 104 valence electrons. The van der Waals surface area contributed by atoms with Gasteiger partial charge < -0.3 is 10.3 Å². The van der Waals surface area contributed by atoms with Crippen molar-refractivity contribution in [1.29, 1.82) is 0 Å². The van der Waals surface area contributed by atoms with Crippen molar-refractivity contribution >= 4 is 21.6 Å². The first-order valence-corrected chi connectivity index (χ1v) is 7.43. The van der Waals surface area contributed by atoms with E-state index in [0.717, 1.165) is 0 Å². The van der Waals surface area contributed by atoms with Gasteiger partial charge in [0, 0.05) is 18.1 Å². The molecule has 3 N–H and O–H groups in total. The number of aromatic amines is 1. The van der Waals surface area contributed by atoms with Gasteiger partial charge >= 0.3 is 0 Å². The lowest BCUT2D eigenvalue weighted by Crippen LogP contribution is -2.23. The molecule has 20 heavy (non-hydrogen) atoms. The second-order valence-electron chi connectivity index (χ2n) is 4.40. The highest BCUT2D eigenvalue weighted by Gasteiger charge is 2.21. The Morgan fingerprint density at radius 2 is 2.20 bits per heavy atom. The Morgan fingerprint density at radius 3 is 2.95 bits per heavy atom. The van der Waals surface area contributed by atoms with Crippen LogP contribution in [0.3, 0.4) is 0 Å². The fourth-order valence-corrected chi connectivity index (χ4v) is 3.05. The number of nitrogens with zero attached hydrogens (tertiary/aromatic N) is 1. The van der Waals surface area contributed by atoms with Crippen molar-refractivity contribution in [3.05, 3.63) is 42.0 Å². The molecule has 0 saturated heterocycles. The molecular weight excluding hydrogens is 280 g/mol. The topological polar surface area (TPSA) is 104 Å². The number of aromatic nitrogens is 2. The van der Waals surface area contributed by atoms with Crippen molar-refractivity contribution in [2.24, 2.45) is 0 Å². The van der Waals surface area contributed by atoms with Crippen molar-refractivity contribution < 1.29 is 13.2 Å². The molecule has 0 unspecified atom stereocenters. The maximum Gasteiger partial charge on any atom is 0.240 e. The minimum Gasteiger partial charge on any atom is -0.347 e. The van der Waals surface area contributed by atoms with Gasteiger partial charge in [-0.25, -0.2) is 18.1 Å². The molecule has 0 aliphatic carbocycles. The first kappa shape index (κ1) is 12.8. The third-order valence-electron chi connectivity index (χ3n) is 3.00. The summed E-state index contributed by atoms with van der Waals surface area (Å²) in [6.07, 6.45) is 3.38. The normalized spacial score (nSPS) is 14.1. The molecule has 0 radical (unpaired) electrons. The number of carbonyl (C=O) groups is 1. The number of anilines is 1. The zero-order valence-corrected chi connectivity index (χ0v) is 11.2. The molecule has 0 bridgehead atoms. The van der Waals surface area contributed by atoms with Crippen LogP contribution in [0.1, 0.15) is 11.4 Å². The Labute approximate surface area is 115 Å². The van der Waals surface area contributed by atoms with Crippen LogP contribution in [0.4, 0.5) is 5.69 Å². The van der Waals surface area contributed by atoms with E-state index in [1.807, 2.05) is 0 Å². The lowest BCUT2D eigenvalue weighted by molar-refractivity contribution is -0.115. The van der Waals surface area contributed by atoms with E-state index < -0.39 is 10.0 Å². The average Bonchev–Trinajstić information content (AvgIpc) is 3.03. The van der Waals surface area contributed by atoms with Crippen LogP contribution in [-0.2, 0) is 27.8 Å². The van der Waals surface area contributed by atoms with Gasteiger partial charge in [0.15, 0.2) is 0 Å². The maximum atomic E-state index is 12.2. The number of nitrogens with one attached hydrogen (secondary N) is 3. The Balaban J connectivity index is 1.81. The van der Waals surface area contributed by atoms with Crippen LogP contribution in [0.15, 0.2) is 35.5 Å². The van der Waals surface area contributed by atoms with Crippen LogP contribution in [-0.4, -0.2) is 24.3 Å². The van der Waals surface area contributed by atoms with Crippen molar-refractivity contribution in [1.82, 2.24) is 14.7 Å². The first-order chi connectivity index (χ1) is 9.54. The summed E-state index contributed by atoms with van der Waals surface area (Å²) in [5, 5.41) is 2.66. The van der Waals surface area contributed by atoms with Crippen LogP contribution in [0.5, 0.6) is 0 Å². The molecule has 7 nitrogen and oxygen atoms in total. The van der Waals surface area contributed by atoms with E-state index in [1.54, 1.807) is 18.5 Å². The molecule has 0 fully saturated rings. The number of benzene rings is 1. The van der Waals surface area contributed by atoms with Crippen molar-refractivity contribution in [3.8, 4) is 0 Å². The smallest absolute Gasteiger partial charge is 0.240 e. The number of amides is 1. The Hall–Kier alpha value is -2.19. The molecule has 2 aromatic rings. The maximum absolute atomic E-state index is 12.2. The summed E-state index contributed by atoms with van der Waals surface area (Å²) in [4.78, 5) is 18.2. The minimum absolute atomic E-state index is 0.0869. The van der Waals surface area contributed by atoms with Crippen LogP contribution >= 0.6 is 0 Å². The van der Waals surface area contributed by atoms with Gasteiger partial charge in [-0.05, 0) is 23.8 Å². The molecule has 1 amide bonds. The monoisotopic (exact) mass is 292 g/mol. The summed E-state index contributed by atoms with van der Waals surface area (Å²) in [5.74, 6) is 0.407. The molecule has 2 heterocycles. The van der Waals surface area contributed by atoms with Crippen LogP contribution in [0.25, 0.3) is 0 Å². The van der Waals surface area contributed by atoms with Gasteiger partial charge in [0.05, 0.1) is 17.9 Å². The second kappa shape index (κ2) is 4.73. The van der Waals surface area contributed by atoms with Gasteiger partial charge in [0.2, 0.25) is 15.9 Å². The zero-order valence-electron chi connectivity index (χ0n) is 10.4. The third-order valence-corrected chi connectivity index (χ3v) is 4.40. The minimum atomic E-state index is -3.62. The number of imidazole rings is 1. The average molecular weight is 292 g/mol. The summed E-state index contributed by atoms with van der Waals surface area (Å²) in [6, 6.07) is 4.58.